The number of aliphatic hydroxyl groups excluding tert-OH is 1. The summed E-state index contributed by atoms with van der Waals surface area (Å²) in [5.74, 6) is -1.45. The van der Waals surface area contributed by atoms with Gasteiger partial charge < -0.3 is 14.9 Å². The Morgan fingerprint density at radius 1 is 1.00 bits per heavy atom. The number of ketones is 1. The SMILES string of the molecule is CCN(CC)CCN1C(=O)C(=O)C(=C(O)c2cnn(-c3ccccc3)c2C)C1c1ccccc1. The number of likely N-dealkylation sites (tertiary alicyclic amines) is 1. The zero-order valence-electron chi connectivity index (χ0n) is 19.8. The van der Waals surface area contributed by atoms with E-state index in [1.54, 1.807) is 15.8 Å². The Bertz CT molecular complexity index is 1200. The Kier molecular flexibility index (Phi) is 6.93. The molecule has 0 bridgehead atoms. The molecule has 1 N–H and O–H groups in total. The number of rotatable bonds is 8. The lowest BCUT2D eigenvalue weighted by atomic mass is 9.95. The smallest absolute Gasteiger partial charge is 0.295 e. The highest BCUT2D eigenvalue weighted by atomic mass is 16.3. The van der Waals surface area contributed by atoms with E-state index in [0.29, 0.717) is 24.3 Å². The van der Waals surface area contributed by atoms with Gasteiger partial charge in [-0.2, -0.15) is 5.10 Å². The van der Waals surface area contributed by atoms with Crippen LogP contribution in [0.5, 0.6) is 0 Å². The Balaban J connectivity index is 1.79. The molecule has 1 saturated heterocycles. The molecule has 0 saturated carbocycles. The van der Waals surface area contributed by atoms with Crippen LogP contribution in [0.4, 0.5) is 0 Å². The Labute approximate surface area is 199 Å². The second-order valence-corrected chi connectivity index (χ2v) is 8.32. The van der Waals surface area contributed by atoms with Gasteiger partial charge in [-0.25, -0.2) is 4.68 Å². The van der Waals surface area contributed by atoms with Gasteiger partial charge in [-0.15, -0.1) is 0 Å². The van der Waals surface area contributed by atoms with Crippen LogP contribution in [0.3, 0.4) is 0 Å². The Hall–Kier alpha value is -3.71. The van der Waals surface area contributed by atoms with Crippen molar-refractivity contribution in [2.24, 2.45) is 0 Å². The number of benzene rings is 2. The molecule has 0 radical (unpaired) electrons. The van der Waals surface area contributed by atoms with E-state index in [4.69, 9.17) is 0 Å². The van der Waals surface area contributed by atoms with Crippen LogP contribution in [0.1, 0.15) is 36.7 Å². The lowest BCUT2D eigenvalue weighted by Gasteiger charge is -2.28. The fourth-order valence-electron chi connectivity index (χ4n) is 4.50. The maximum atomic E-state index is 13.2. The van der Waals surface area contributed by atoms with Crippen molar-refractivity contribution in [2.45, 2.75) is 26.8 Å². The van der Waals surface area contributed by atoms with E-state index in [1.807, 2.05) is 67.6 Å². The van der Waals surface area contributed by atoms with Gasteiger partial charge in [0, 0.05) is 13.1 Å². The van der Waals surface area contributed by atoms with Crippen molar-refractivity contribution in [3.8, 4) is 5.69 Å². The van der Waals surface area contributed by atoms with E-state index in [2.05, 4.69) is 23.8 Å². The fraction of sp³-hybridized carbons (Fsp3) is 0.296. The minimum absolute atomic E-state index is 0.103. The fourth-order valence-corrected chi connectivity index (χ4v) is 4.50. The molecule has 0 aliphatic carbocycles. The van der Waals surface area contributed by atoms with Crippen molar-refractivity contribution in [1.82, 2.24) is 19.6 Å². The molecule has 3 aromatic rings. The molecular formula is C27H30N4O3. The first kappa shape index (κ1) is 23.4. The second-order valence-electron chi connectivity index (χ2n) is 8.32. The van der Waals surface area contributed by atoms with Crippen molar-refractivity contribution in [3.05, 3.63) is 89.3 Å². The van der Waals surface area contributed by atoms with Gasteiger partial charge in [0.25, 0.3) is 11.7 Å². The molecular weight excluding hydrogens is 428 g/mol. The van der Waals surface area contributed by atoms with E-state index in [9.17, 15) is 14.7 Å². The summed E-state index contributed by atoms with van der Waals surface area (Å²) in [5.41, 5.74) is 2.86. The molecule has 7 nitrogen and oxygen atoms in total. The maximum absolute atomic E-state index is 13.2. The first-order valence-electron chi connectivity index (χ1n) is 11.6. The number of para-hydroxylation sites is 1. The lowest BCUT2D eigenvalue weighted by molar-refractivity contribution is -0.140. The van der Waals surface area contributed by atoms with E-state index in [0.717, 1.165) is 24.3 Å². The van der Waals surface area contributed by atoms with Crippen LogP contribution >= 0.6 is 0 Å². The lowest BCUT2D eigenvalue weighted by Crippen LogP contribution is -2.38. The number of aromatic nitrogens is 2. The van der Waals surface area contributed by atoms with Gasteiger partial charge in [0.1, 0.15) is 5.76 Å². The minimum Gasteiger partial charge on any atom is -0.507 e. The summed E-state index contributed by atoms with van der Waals surface area (Å²) >= 11 is 0. The highest BCUT2D eigenvalue weighted by Gasteiger charge is 2.46. The molecule has 1 unspecified atom stereocenters. The van der Waals surface area contributed by atoms with Crippen molar-refractivity contribution in [1.29, 1.82) is 0 Å². The van der Waals surface area contributed by atoms with Crippen LogP contribution in [0.2, 0.25) is 0 Å². The third kappa shape index (κ3) is 4.26. The molecule has 0 spiro atoms. The average Bonchev–Trinajstić information content (AvgIpc) is 3.38. The Morgan fingerprint density at radius 3 is 2.24 bits per heavy atom. The summed E-state index contributed by atoms with van der Waals surface area (Å²) < 4.78 is 1.71. The summed E-state index contributed by atoms with van der Waals surface area (Å²) in [5, 5.41) is 15.8. The molecule has 1 aliphatic heterocycles. The number of aliphatic hydroxyl groups is 1. The summed E-state index contributed by atoms with van der Waals surface area (Å²) in [6.07, 6.45) is 1.54. The third-order valence-electron chi connectivity index (χ3n) is 6.47. The molecule has 2 heterocycles. The van der Waals surface area contributed by atoms with Crippen LogP contribution in [-0.4, -0.2) is 62.6 Å². The number of likely N-dealkylation sites (N-methyl/N-ethyl adjacent to an activating group) is 1. The third-order valence-corrected chi connectivity index (χ3v) is 6.47. The summed E-state index contributed by atoms with van der Waals surface area (Å²) in [4.78, 5) is 30.1. The number of carbonyl (C=O) groups excluding carboxylic acids is 2. The van der Waals surface area contributed by atoms with Crippen molar-refractivity contribution >= 4 is 17.4 Å². The number of carbonyl (C=O) groups is 2. The van der Waals surface area contributed by atoms with E-state index >= 15 is 0 Å². The van der Waals surface area contributed by atoms with Gasteiger partial charge in [-0.1, -0.05) is 62.4 Å². The molecule has 1 aromatic heterocycles. The molecule has 1 amide bonds. The molecule has 1 atom stereocenters. The quantitative estimate of drug-likeness (QED) is 0.314. The number of hydrogen-bond donors (Lipinski definition) is 1. The number of hydrogen-bond acceptors (Lipinski definition) is 5. The van der Waals surface area contributed by atoms with Gasteiger partial charge in [-0.05, 0) is 37.7 Å². The first-order chi connectivity index (χ1) is 16.5. The highest BCUT2D eigenvalue weighted by Crippen LogP contribution is 2.39. The molecule has 176 valence electrons. The van der Waals surface area contributed by atoms with Gasteiger partial charge in [0.2, 0.25) is 0 Å². The van der Waals surface area contributed by atoms with E-state index in [1.165, 1.54) is 0 Å². The normalized spacial score (nSPS) is 17.6. The van der Waals surface area contributed by atoms with Crippen molar-refractivity contribution in [3.63, 3.8) is 0 Å². The Morgan fingerprint density at radius 2 is 1.62 bits per heavy atom. The molecule has 1 aliphatic rings. The summed E-state index contributed by atoms with van der Waals surface area (Å²) in [6.45, 7) is 8.73. The summed E-state index contributed by atoms with van der Waals surface area (Å²) in [7, 11) is 0. The molecule has 4 rings (SSSR count). The molecule has 7 heteroatoms. The van der Waals surface area contributed by atoms with Crippen molar-refractivity contribution in [2.75, 3.05) is 26.2 Å². The van der Waals surface area contributed by atoms with Gasteiger partial charge in [0.15, 0.2) is 0 Å². The van der Waals surface area contributed by atoms with Gasteiger partial charge >= 0.3 is 0 Å². The number of Topliss-reactive ketones (excluding diaryl/α,β-unsaturated/α-hetero) is 1. The summed E-state index contributed by atoms with van der Waals surface area (Å²) in [6, 6.07) is 18.3. The molecule has 34 heavy (non-hydrogen) atoms. The van der Waals surface area contributed by atoms with Crippen molar-refractivity contribution < 1.29 is 14.7 Å². The van der Waals surface area contributed by atoms with Crippen LogP contribution in [0.25, 0.3) is 11.4 Å². The predicted molar refractivity (Wildman–Crippen MR) is 132 cm³/mol. The number of nitrogens with zero attached hydrogens (tertiary/aromatic N) is 4. The van der Waals surface area contributed by atoms with Gasteiger partial charge in [0.05, 0.1) is 34.8 Å². The topological polar surface area (TPSA) is 78.7 Å². The minimum atomic E-state index is -0.669. The van der Waals surface area contributed by atoms with Gasteiger partial charge in [-0.3, -0.25) is 9.59 Å². The largest absolute Gasteiger partial charge is 0.507 e. The van der Waals surface area contributed by atoms with Crippen LogP contribution < -0.4 is 0 Å². The first-order valence-corrected chi connectivity index (χ1v) is 11.6. The zero-order valence-corrected chi connectivity index (χ0v) is 19.8. The average molecular weight is 459 g/mol. The molecule has 1 fully saturated rings. The zero-order chi connectivity index (χ0) is 24.2. The van der Waals surface area contributed by atoms with Crippen LogP contribution in [-0.2, 0) is 9.59 Å². The van der Waals surface area contributed by atoms with Crippen LogP contribution in [0, 0.1) is 6.92 Å². The maximum Gasteiger partial charge on any atom is 0.295 e. The number of amides is 1. The molecule has 2 aromatic carbocycles. The van der Waals surface area contributed by atoms with E-state index < -0.39 is 17.7 Å². The predicted octanol–water partition coefficient (Wildman–Crippen LogP) is 3.94. The monoisotopic (exact) mass is 458 g/mol. The van der Waals surface area contributed by atoms with E-state index in [-0.39, 0.29) is 11.3 Å². The van der Waals surface area contributed by atoms with Crippen LogP contribution in [0.15, 0.2) is 72.4 Å². The standard InChI is InChI=1S/C27H30N4O3/c1-4-29(5-2)16-17-30-24(20-12-8-6-9-13-20)23(26(33)27(30)34)25(32)22-18-28-31(19(22)3)21-14-10-7-11-15-21/h6-15,18,24,32H,4-5,16-17H2,1-3H3. The second kappa shape index (κ2) is 10.1. The highest BCUT2D eigenvalue weighted by molar-refractivity contribution is 6.46.